The fourth-order valence-electron chi connectivity index (χ4n) is 2.49. The Morgan fingerprint density at radius 3 is 1.47 bits per heavy atom. The van der Waals surface area contributed by atoms with Crippen LogP contribution in [0.2, 0.25) is 0 Å². The lowest BCUT2D eigenvalue weighted by Gasteiger charge is -2.14. The third kappa shape index (κ3) is 3.33. The average Bonchev–Trinajstić information content (AvgIpc) is 2.88. The summed E-state index contributed by atoms with van der Waals surface area (Å²) in [7, 11) is 0. The molecule has 1 heteroatoms. The summed E-state index contributed by atoms with van der Waals surface area (Å²) in [4.78, 5) is 0. The normalized spacial score (nSPS) is 21.7. The monoisotopic (exact) mass is 250 g/mol. The molecule has 2 aromatic carbocycles. The maximum atomic E-state index is 6.06. The highest BCUT2D eigenvalue weighted by atomic mass is 16.5. The Morgan fingerprint density at radius 1 is 0.632 bits per heavy atom. The van der Waals surface area contributed by atoms with Gasteiger partial charge in [0, 0.05) is 12.8 Å². The van der Waals surface area contributed by atoms with Crippen LogP contribution < -0.4 is 0 Å². The zero-order chi connectivity index (χ0) is 12.9. The quantitative estimate of drug-likeness (QED) is 0.750. The molecule has 1 heterocycles. The van der Waals surface area contributed by atoms with Crippen LogP contribution in [0.5, 0.6) is 0 Å². The molecular weight excluding hydrogens is 232 g/mol. The molecule has 0 aliphatic carbocycles. The molecule has 96 valence electrons. The van der Waals surface area contributed by atoms with Crippen molar-refractivity contribution in [2.24, 2.45) is 0 Å². The van der Waals surface area contributed by atoms with Crippen LogP contribution in [-0.4, -0.2) is 12.2 Å². The van der Waals surface area contributed by atoms with Crippen molar-refractivity contribution in [3.8, 4) is 0 Å². The molecule has 19 heavy (non-hydrogen) atoms. The highest BCUT2D eigenvalue weighted by molar-refractivity contribution is 5.21. The lowest BCUT2D eigenvalue weighted by atomic mass is 10.1. The summed E-state index contributed by atoms with van der Waals surface area (Å²) in [5.41, 5.74) is 2.66. The molecule has 2 aromatic rings. The smallest absolute Gasteiger partial charge is 0.0805 e. The van der Waals surface area contributed by atoms with E-state index in [9.17, 15) is 0 Å². The molecule has 3 rings (SSSR count). The second kappa shape index (κ2) is 5.85. The van der Waals surface area contributed by atoms with Crippen molar-refractivity contribution in [3.63, 3.8) is 0 Å². The maximum absolute atomic E-state index is 6.06. The summed E-state index contributed by atoms with van der Waals surface area (Å²) >= 11 is 0. The minimum absolute atomic E-state index is 0.219. The summed E-state index contributed by atoms with van der Waals surface area (Å²) in [6.45, 7) is 0. The minimum atomic E-state index is 0.219. The van der Waals surface area contributed by atoms with Gasteiger partial charge in [0.2, 0.25) is 0 Å². The van der Waals surface area contributed by atoms with Gasteiger partial charge < -0.3 is 4.74 Å². The lowest BCUT2D eigenvalue weighted by molar-refractivity contribution is 0.0616. The predicted octanol–water partition coefficient (Wildman–Crippen LogP) is 3.80. The van der Waals surface area contributed by atoms with Crippen LogP contribution in [0.25, 0.3) is 0 Å². The summed E-state index contributed by atoms with van der Waals surface area (Å²) in [5.74, 6) is 0. The first-order chi connectivity index (χ1) is 9.40. The second-order valence-corrected chi connectivity index (χ2v) is 4.98. The van der Waals surface area contributed by atoms with Gasteiger partial charge in [-0.25, -0.2) is 0 Å². The lowest BCUT2D eigenvalue weighted by Crippen LogP contribution is -2.16. The van der Waals surface area contributed by atoms with Gasteiger partial charge in [0.05, 0.1) is 12.2 Å². The number of ether oxygens (including phenoxy) is 1. The number of hydrogen-bond donors (Lipinski definition) is 0. The standard InChI is InChI=1S/C18H18O/c1-3-7-15(8-4-1)13-17-11-12-18(19-17)14-16-9-5-2-6-10-16/h1-12,17-18H,13-14H2. The molecule has 0 amide bonds. The molecule has 0 saturated carbocycles. The van der Waals surface area contributed by atoms with Crippen molar-refractivity contribution in [2.45, 2.75) is 25.0 Å². The van der Waals surface area contributed by atoms with Crippen molar-refractivity contribution in [2.75, 3.05) is 0 Å². The van der Waals surface area contributed by atoms with E-state index < -0.39 is 0 Å². The van der Waals surface area contributed by atoms with Gasteiger partial charge in [-0.15, -0.1) is 0 Å². The summed E-state index contributed by atoms with van der Waals surface area (Å²) in [5, 5.41) is 0. The molecule has 0 fully saturated rings. The van der Waals surface area contributed by atoms with Gasteiger partial charge in [-0.2, -0.15) is 0 Å². The van der Waals surface area contributed by atoms with Crippen molar-refractivity contribution in [1.29, 1.82) is 0 Å². The molecule has 1 nitrogen and oxygen atoms in total. The van der Waals surface area contributed by atoms with Gasteiger partial charge in [-0.1, -0.05) is 72.8 Å². The molecule has 0 saturated heterocycles. The number of hydrogen-bond acceptors (Lipinski definition) is 1. The van der Waals surface area contributed by atoms with E-state index in [4.69, 9.17) is 4.74 Å². The third-order valence-corrected chi connectivity index (χ3v) is 3.45. The molecule has 2 unspecified atom stereocenters. The molecule has 1 aliphatic heterocycles. The molecule has 0 radical (unpaired) electrons. The second-order valence-electron chi connectivity index (χ2n) is 4.98. The molecule has 0 spiro atoms. The van der Waals surface area contributed by atoms with E-state index in [1.165, 1.54) is 11.1 Å². The molecule has 2 atom stereocenters. The Bertz CT molecular complexity index is 481. The van der Waals surface area contributed by atoms with Crippen LogP contribution in [-0.2, 0) is 17.6 Å². The van der Waals surface area contributed by atoms with E-state index in [0.29, 0.717) is 0 Å². The maximum Gasteiger partial charge on any atom is 0.0805 e. The fourth-order valence-corrected chi connectivity index (χ4v) is 2.49. The first kappa shape index (κ1) is 12.2. The first-order valence-electron chi connectivity index (χ1n) is 6.82. The van der Waals surface area contributed by atoms with E-state index in [2.05, 4.69) is 60.7 Å². The van der Waals surface area contributed by atoms with E-state index >= 15 is 0 Å². The van der Waals surface area contributed by atoms with Crippen LogP contribution in [0, 0.1) is 0 Å². The van der Waals surface area contributed by atoms with E-state index in [-0.39, 0.29) is 12.2 Å². The van der Waals surface area contributed by atoms with E-state index in [1.807, 2.05) is 12.1 Å². The Balaban J connectivity index is 1.55. The van der Waals surface area contributed by atoms with Crippen molar-refractivity contribution >= 4 is 0 Å². The van der Waals surface area contributed by atoms with Gasteiger partial charge in [-0.05, 0) is 11.1 Å². The summed E-state index contributed by atoms with van der Waals surface area (Å²) in [6.07, 6.45) is 6.75. The zero-order valence-corrected chi connectivity index (χ0v) is 10.9. The Morgan fingerprint density at radius 2 is 1.05 bits per heavy atom. The first-order valence-corrected chi connectivity index (χ1v) is 6.82. The van der Waals surface area contributed by atoms with Crippen molar-refractivity contribution < 1.29 is 4.74 Å². The number of benzene rings is 2. The third-order valence-electron chi connectivity index (χ3n) is 3.45. The van der Waals surface area contributed by atoms with E-state index in [1.54, 1.807) is 0 Å². The summed E-state index contributed by atoms with van der Waals surface area (Å²) < 4.78 is 6.06. The van der Waals surface area contributed by atoms with Gasteiger partial charge in [0.1, 0.15) is 0 Å². The Kier molecular flexibility index (Phi) is 3.75. The van der Waals surface area contributed by atoms with Gasteiger partial charge in [0.15, 0.2) is 0 Å². The molecule has 0 aromatic heterocycles. The Hall–Kier alpha value is -1.86. The van der Waals surface area contributed by atoms with Crippen molar-refractivity contribution in [3.05, 3.63) is 83.9 Å². The van der Waals surface area contributed by atoms with Gasteiger partial charge >= 0.3 is 0 Å². The SMILES string of the molecule is C1=CC(Cc2ccccc2)OC1Cc1ccccc1. The molecular formula is C18H18O. The van der Waals surface area contributed by atoms with Crippen LogP contribution in [0.4, 0.5) is 0 Å². The molecule has 1 aliphatic rings. The van der Waals surface area contributed by atoms with Crippen molar-refractivity contribution in [1.82, 2.24) is 0 Å². The van der Waals surface area contributed by atoms with Crippen LogP contribution >= 0.6 is 0 Å². The minimum Gasteiger partial charge on any atom is -0.366 e. The topological polar surface area (TPSA) is 9.23 Å². The number of rotatable bonds is 4. The zero-order valence-electron chi connectivity index (χ0n) is 10.9. The molecule has 0 N–H and O–H groups in total. The predicted molar refractivity (Wildman–Crippen MR) is 78.1 cm³/mol. The summed E-state index contributed by atoms with van der Waals surface area (Å²) in [6, 6.07) is 21.0. The van der Waals surface area contributed by atoms with E-state index in [0.717, 1.165) is 12.8 Å². The Labute approximate surface area is 114 Å². The molecule has 0 bridgehead atoms. The highest BCUT2D eigenvalue weighted by Crippen LogP contribution is 2.19. The van der Waals surface area contributed by atoms with Crippen LogP contribution in [0.3, 0.4) is 0 Å². The fraction of sp³-hybridized carbons (Fsp3) is 0.222. The van der Waals surface area contributed by atoms with Gasteiger partial charge in [0.25, 0.3) is 0 Å². The van der Waals surface area contributed by atoms with Gasteiger partial charge in [-0.3, -0.25) is 0 Å². The van der Waals surface area contributed by atoms with Crippen LogP contribution in [0.1, 0.15) is 11.1 Å². The average molecular weight is 250 g/mol. The highest BCUT2D eigenvalue weighted by Gasteiger charge is 2.19. The largest absolute Gasteiger partial charge is 0.366 e. The van der Waals surface area contributed by atoms with Crippen LogP contribution in [0.15, 0.2) is 72.8 Å².